The molecule has 0 atom stereocenters. The molecule has 0 unspecified atom stereocenters. The lowest BCUT2D eigenvalue weighted by Crippen LogP contribution is -2.44. The molecule has 2 rings (SSSR count). The molecule has 1 aromatic carbocycles. The van der Waals surface area contributed by atoms with Crippen LogP contribution in [0.15, 0.2) is 24.3 Å². The van der Waals surface area contributed by atoms with Gasteiger partial charge < -0.3 is 14.5 Å². The van der Waals surface area contributed by atoms with Crippen LogP contribution in [-0.4, -0.2) is 55.0 Å². The van der Waals surface area contributed by atoms with E-state index in [2.05, 4.69) is 0 Å². The summed E-state index contributed by atoms with van der Waals surface area (Å²) in [6.45, 7) is 1.98. The molecule has 5 nitrogen and oxygen atoms in total. The van der Waals surface area contributed by atoms with Gasteiger partial charge >= 0.3 is 0 Å². The molecule has 144 valence electrons. The molecule has 6 heteroatoms. The molecule has 2 amide bonds. The van der Waals surface area contributed by atoms with Crippen molar-refractivity contribution in [1.82, 2.24) is 9.80 Å². The zero-order chi connectivity index (χ0) is 18.8. The molecule has 0 radical (unpaired) electrons. The van der Waals surface area contributed by atoms with Crippen LogP contribution in [0.5, 0.6) is 0 Å². The van der Waals surface area contributed by atoms with Crippen LogP contribution in [-0.2, 0) is 20.9 Å². The Morgan fingerprint density at radius 1 is 1.15 bits per heavy atom. The highest BCUT2D eigenvalue weighted by Crippen LogP contribution is 2.13. The minimum Gasteiger partial charge on any atom is -0.383 e. The largest absolute Gasteiger partial charge is 0.383 e. The van der Waals surface area contributed by atoms with E-state index < -0.39 is 0 Å². The Kier molecular flexibility index (Phi) is 8.54. The van der Waals surface area contributed by atoms with Gasteiger partial charge in [-0.3, -0.25) is 9.59 Å². The highest BCUT2D eigenvalue weighted by Gasteiger charge is 2.21. The molecular weight excluding hydrogens is 335 g/mol. The van der Waals surface area contributed by atoms with E-state index >= 15 is 0 Å². The maximum absolute atomic E-state index is 13.1. The van der Waals surface area contributed by atoms with E-state index in [1.54, 1.807) is 29.0 Å². The highest BCUT2D eigenvalue weighted by molar-refractivity contribution is 5.84. The Bertz CT molecular complexity index is 577. The maximum Gasteiger partial charge on any atom is 0.242 e. The first-order chi connectivity index (χ1) is 12.6. The van der Waals surface area contributed by atoms with E-state index in [1.165, 1.54) is 12.1 Å². The zero-order valence-corrected chi connectivity index (χ0v) is 15.6. The lowest BCUT2D eigenvalue weighted by atomic mass is 10.1. The molecule has 26 heavy (non-hydrogen) atoms. The van der Waals surface area contributed by atoms with Crippen molar-refractivity contribution in [1.29, 1.82) is 0 Å². The van der Waals surface area contributed by atoms with Crippen LogP contribution < -0.4 is 0 Å². The number of ether oxygens (including phenoxy) is 1. The van der Waals surface area contributed by atoms with Crippen molar-refractivity contribution in [2.24, 2.45) is 0 Å². The second-order valence-corrected chi connectivity index (χ2v) is 6.77. The molecule has 1 aromatic rings. The highest BCUT2D eigenvalue weighted by atomic mass is 19.1. The summed E-state index contributed by atoms with van der Waals surface area (Å²) in [5, 5.41) is 0. The van der Waals surface area contributed by atoms with Crippen LogP contribution >= 0.6 is 0 Å². The SMILES string of the molecule is COCCN(Cc1ccc(F)cc1)C(=O)CN1CCCCCCCC1=O. The number of methoxy groups -OCH3 is 1. The maximum atomic E-state index is 13.1. The van der Waals surface area contributed by atoms with Crippen molar-refractivity contribution in [3.63, 3.8) is 0 Å². The first-order valence-corrected chi connectivity index (χ1v) is 9.39. The van der Waals surface area contributed by atoms with Gasteiger partial charge in [-0.2, -0.15) is 0 Å². The van der Waals surface area contributed by atoms with Gasteiger partial charge in [-0.1, -0.05) is 31.4 Å². The van der Waals surface area contributed by atoms with Crippen molar-refractivity contribution < 1.29 is 18.7 Å². The van der Waals surface area contributed by atoms with Crippen molar-refractivity contribution in [3.8, 4) is 0 Å². The predicted molar refractivity (Wildman–Crippen MR) is 98.0 cm³/mol. The molecule has 1 aliphatic heterocycles. The van der Waals surface area contributed by atoms with Crippen LogP contribution in [0, 0.1) is 5.82 Å². The van der Waals surface area contributed by atoms with Gasteiger partial charge in [-0.25, -0.2) is 4.39 Å². The summed E-state index contributed by atoms with van der Waals surface area (Å²) in [5.74, 6) is -0.335. The molecule has 1 saturated heterocycles. The van der Waals surface area contributed by atoms with Gasteiger partial charge in [0.1, 0.15) is 5.82 Å². The minimum absolute atomic E-state index is 0.0636. The van der Waals surface area contributed by atoms with Crippen LogP contribution in [0.2, 0.25) is 0 Å². The molecule has 1 aliphatic rings. The summed E-state index contributed by atoms with van der Waals surface area (Å²) in [4.78, 5) is 28.6. The molecule has 0 N–H and O–H groups in total. The number of carbonyl (C=O) groups excluding carboxylic acids is 2. The van der Waals surface area contributed by atoms with Crippen molar-refractivity contribution >= 4 is 11.8 Å². The Balaban J connectivity index is 2.01. The fraction of sp³-hybridized carbons (Fsp3) is 0.600. The molecule has 0 aliphatic carbocycles. The third-order valence-corrected chi connectivity index (χ3v) is 4.70. The summed E-state index contributed by atoms with van der Waals surface area (Å²) in [6.07, 6.45) is 5.68. The summed E-state index contributed by atoms with van der Waals surface area (Å²) in [7, 11) is 1.59. The Hall–Kier alpha value is -1.95. The van der Waals surface area contributed by atoms with E-state index in [1.807, 2.05) is 0 Å². The topological polar surface area (TPSA) is 49.9 Å². The number of nitrogens with zero attached hydrogens (tertiary/aromatic N) is 2. The second kappa shape index (κ2) is 10.9. The number of carbonyl (C=O) groups is 2. The quantitative estimate of drug-likeness (QED) is 0.747. The Morgan fingerprint density at radius 3 is 2.58 bits per heavy atom. The fourth-order valence-electron chi connectivity index (χ4n) is 3.13. The molecular formula is C20H29FN2O3. The number of benzene rings is 1. The number of rotatable bonds is 7. The normalized spacial score (nSPS) is 15.9. The van der Waals surface area contributed by atoms with E-state index in [9.17, 15) is 14.0 Å². The number of hydrogen-bond acceptors (Lipinski definition) is 3. The van der Waals surface area contributed by atoms with Gasteiger partial charge in [0.2, 0.25) is 11.8 Å². The smallest absolute Gasteiger partial charge is 0.242 e. The van der Waals surface area contributed by atoms with Gasteiger partial charge in [0.05, 0.1) is 13.2 Å². The van der Waals surface area contributed by atoms with Crippen LogP contribution in [0.25, 0.3) is 0 Å². The molecule has 0 bridgehead atoms. The third-order valence-electron chi connectivity index (χ3n) is 4.70. The minimum atomic E-state index is -0.300. The predicted octanol–water partition coefficient (Wildman–Crippen LogP) is 2.98. The van der Waals surface area contributed by atoms with Crippen LogP contribution in [0.4, 0.5) is 4.39 Å². The standard InChI is InChI=1S/C20H29FN2O3/c1-26-14-13-23(15-17-8-10-18(21)11-9-17)20(25)16-22-12-6-4-2-3-5-7-19(22)24/h8-11H,2-7,12-16H2,1H3. The van der Waals surface area contributed by atoms with E-state index in [0.717, 1.165) is 37.7 Å². The van der Waals surface area contributed by atoms with Gasteiger partial charge in [-0.15, -0.1) is 0 Å². The average molecular weight is 364 g/mol. The third kappa shape index (κ3) is 6.75. The lowest BCUT2D eigenvalue weighted by molar-refractivity contribution is -0.141. The van der Waals surface area contributed by atoms with Crippen LogP contribution in [0.3, 0.4) is 0 Å². The molecule has 0 saturated carbocycles. The van der Waals surface area contributed by atoms with E-state index in [0.29, 0.717) is 32.7 Å². The fourth-order valence-corrected chi connectivity index (χ4v) is 3.13. The van der Waals surface area contributed by atoms with Crippen LogP contribution in [0.1, 0.15) is 44.1 Å². The summed E-state index contributed by atoms with van der Waals surface area (Å²) in [5.41, 5.74) is 0.853. The lowest BCUT2D eigenvalue weighted by Gasteiger charge is -2.27. The van der Waals surface area contributed by atoms with Gasteiger partial charge in [0, 0.05) is 33.2 Å². The van der Waals surface area contributed by atoms with Crippen molar-refractivity contribution in [2.75, 3.05) is 33.4 Å². The van der Waals surface area contributed by atoms with Crippen molar-refractivity contribution in [3.05, 3.63) is 35.6 Å². The van der Waals surface area contributed by atoms with E-state index in [-0.39, 0.29) is 24.2 Å². The monoisotopic (exact) mass is 364 g/mol. The van der Waals surface area contributed by atoms with E-state index in [4.69, 9.17) is 4.74 Å². The number of halogens is 1. The van der Waals surface area contributed by atoms with Crippen molar-refractivity contribution in [2.45, 2.75) is 45.1 Å². The first-order valence-electron chi connectivity index (χ1n) is 9.39. The first kappa shape index (κ1) is 20.4. The van der Waals surface area contributed by atoms with Gasteiger partial charge in [0.15, 0.2) is 0 Å². The second-order valence-electron chi connectivity index (χ2n) is 6.77. The summed E-state index contributed by atoms with van der Waals surface area (Å²) >= 11 is 0. The molecule has 0 aromatic heterocycles. The van der Waals surface area contributed by atoms with Gasteiger partial charge in [0.25, 0.3) is 0 Å². The average Bonchev–Trinajstić information content (AvgIpc) is 2.73. The molecule has 1 heterocycles. The number of hydrogen-bond donors (Lipinski definition) is 0. The summed E-state index contributed by atoms with van der Waals surface area (Å²) < 4.78 is 18.2. The molecule has 1 fully saturated rings. The molecule has 0 spiro atoms. The summed E-state index contributed by atoms with van der Waals surface area (Å²) in [6, 6.07) is 6.13. The van der Waals surface area contributed by atoms with Gasteiger partial charge in [-0.05, 0) is 30.5 Å². The Morgan fingerprint density at radius 2 is 1.85 bits per heavy atom. The number of amides is 2. The zero-order valence-electron chi connectivity index (χ0n) is 15.6. The Labute approximate surface area is 155 Å².